The van der Waals surface area contributed by atoms with E-state index < -0.39 is 6.10 Å². The van der Waals surface area contributed by atoms with E-state index in [-0.39, 0.29) is 0 Å². The highest BCUT2D eigenvalue weighted by Crippen LogP contribution is 2.33. The van der Waals surface area contributed by atoms with E-state index in [4.69, 9.17) is 11.6 Å². The van der Waals surface area contributed by atoms with Gasteiger partial charge in [-0.05, 0) is 42.8 Å². The van der Waals surface area contributed by atoms with Crippen LogP contribution in [0.4, 0.5) is 0 Å². The third-order valence-corrected chi connectivity index (χ3v) is 5.77. The van der Waals surface area contributed by atoms with Crippen molar-refractivity contribution in [2.75, 3.05) is 0 Å². The number of rotatable bonds is 4. The lowest BCUT2D eigenvalue weighted by Gasteiger charge is -2.10. The fourth-order valence-electron chi connectivity index (χ4n) is 1.99. The zero-order valence-electron chi connectivity index (χ0n) is 11.1. The Balaban J connectivity index is 2.25. The standard InChI is InChI=1S/C13H16BrClN2OS/c1-4-17-10(13(15)7(2)16-17)6-11(18)12-5-9(14)8(3)19-12/h5,11,18H,4,6H2,1-3H3. The molecule has 0 saturated carbocycles. The van der Waals surface area contributed by atoms with Gasteiger partial charge in [0, 0.05) is 27.2 Å². The second kappa shape index (κ2) is 5.95. The summed E-state index contributed by atoms with van der Waals surface area (Å²) >= 11 is 11.3. The molecule has 0 fully saturated rings. The molecule has 0 aliphatic rings. The minimum atomic E-state index is -0.547. The molecule has 0 spiro atoms. The summed E-state index contributed by atoms with van der Waals surface area (Å²) < 4.78 is 2.90. The molecular weight excluding hydrogens is 348 g/mol. The lowest BCUT2D eigenvalue weighted by Crippen LogP contribution is -2.08. The summed E-state index contributed by atoms with van der Waals surface area (Å²) in [6.07, 6.45) is -0.0613. The van der Waals surface area contributed by atoms with Crippen molar-refractivity contribution in [3.8, 4) is 0 Å². The van der Waals surface area contributed by atoms with Gasteiger partial charge in [-0.25, -0.2) is 0 Å². The van der Waals surface area contributed by atoms with Crippen LogP contribution < -0.4 is 0 Å². The number of aliphatic hydroxyl groups is 1. The van der Waals surface area contributed by atoms with E-state index in [2.05, 4.69) is 21.0 Å². The average Bonchev–Trinajstić information content (AvgIpc) is 2.84. The molecule has 3 nitrogen and oxygen atoms in total. The average molecular weight is 364 g/mol. The quantitative estimate of drug-likeness (QED) is 0.880. The van der Waals surface area contributed by atoms with Gasteiger partial charge in [-0.3, -0.25) is 4.68 Å². The lowest BCUT2D eigenvalue weighted by atomic mass is 10.1. The highest BCUT2D eigenvalue weighted by Gasteiger charge is 2.19. The zero-order chi connectivity index (χ0) is 14.2. The van der Waals surface area contributed by atoms with E-state index in [9.17, 15) is 5.11 Å². The van der Waals surface area contributed by atoms with Gasteiger partial charge in [-0.1, -0.05) is 11.6 Å². The number of halogens is 2. The van der Waals surface area contributed by atoms with Crippen molar-refractivity contribution < 1.29 is 5.11 Å². The second-order valence-electron chi connectivity index (χ2n) is 4.43. The van der Waals surface area contributed by atoms with Crippen LogP contribution in [-0.4, -0.2) is 14.9 Å². The van der Waals surface area contributed by atoms with Crippen LogP contribution in [0.25, 0.3) is 0 Å². The van der Waals surface area contributed by atoms with Crippen molar-refractivity contribution >= 4 is 38.9 Å². The molecule has 19 heavy (non-hydrogen) atoms. The van der Waals surface area contributed by atoms with Crippen LogP contribution >= 0.6 is 38.9 Å². The fraction of sp³-hybridized carbons (Fsp3) is 0.462. The predicted octanol–water partition coefficient (Wildman–Crippen LogP) is 4.27. The Hall–Kier alpha value is -0.360. The molecule has 0 aliphatic carbocycles. The SMILES string of the molecule is CCn1nc(C)c(Cl)c1CC(O)c1cc(Br)c(C)s1. The molecular formula is C13H16BrClN2OS. The lowest BCUT2D eigenvalue weighted by molar-refractivity contribution is 0.179. The van der Waals surface area contributed by atoms with Crippen LogP contribution in [0.1, 0.15) is 34.2 Å². The highest BCUT2D eigenvalue weighted by molar-refractivity contribution is 9.10. The topological polar surface area (TPSA) is 38.0 Å². The van der Waals surface area contributed by atoms with E-state index >= 15 is 0 Å². The number of thiophene rings is 1. The van der Waals surface area contributed by atoms with Crippen molar-refractivity contribution in [2.45, 2.75) is 39.8 Å². The van der Waals surface area contributed by atoms with Crippen LogP contribution in [0.5, 0.6) is 0 Å². The summed E-state index contributed by atoms with van der Waals surface area (Å²) in [5.74, 6) is 0. The Labute approximate surface area is 130 Å². The Morgan fingerprint density at radius 2 is 2.21 bits per heavy atom. The van der Waals surface area contributed by atoms with Crippen LogP contribution in [0.15, 0.2) is 10.5 Å². The van der Waals surface area contributed by atoms with Gasteiger partial charge in [0.1, 0.15) is 0 Å². The number of aromatic nitrogens is 2. The van der Waals surface area contributed by atoms with Gasteiger partial charge in [-0.2, -0.15) is 5.10 Å². The first-order chi connectivity index (χ1) is 8.93. The first kappa shape index (κ1) is 15.0. The minimum absolute atomic E-state index is 0.486. The third kappa shape index (κ3) is 3.05. The first-order valence-corrected chi connectivity index (χ1v) is 8.08. The zero-order valence-corrected chi connectivity index (χ0v) is 14.2. The Bertz CT molecular complexity index is 574. The highest BCUT2D eigenvalue weighted by atomic mass is 79.9. The molecule has 1 unspecified atom stereocenters. The summed E-state index contributed by atoms with van der Waals surface area (Å²) in [6, 6.07) is 1.97. The summed E-state index contributed by atoms with van der Waals surface area (Å²) in [4.78, 5) is 2.11. The number of aliphatic hydroxyl groups excluding tert-OH is 1. The normalized spacial score (nSPS) is 12.9. The predicted molar refractivity (Wildman–Crippen MR) is 83.1 cm³/mol. The Morgan fingerprint density at radius 3 is 2.74 bits per heavy atom. The molecule has 0 amide bonds. The van der Waals surface area contributed by atoms with Crippen LogP contribution in [-0.2, 0) is 13.0 Å². The molecule has 0 saturated heterocycles. The van der Waals surface area contributed by atoms with E-state index in [0.717, 1.165) is 27.3 Å². The molecule has 0 aliphatic heterocycles. The van der Waals surface area contributed by atoms with Crippen molar-refractivity contribution in [3.63, 3.8) is 0 Å². The largest absolute Gasteiger partial charge is 0.387 e. The van der Waals surface area contributed by atoms with E-state index in [1.807, 2.05) is 31.5 Å². The molecule has 1 N–H and O–H groups in total. The van der Waals surface area contributed by atoms with Crippen molar-refractivity contribution in [1.82, 2.24) is 9.78 Å². The molecule has 1 atom stereocenters. The maximum absolute atomic E-state index is 10.4. The Morgan fingerprint density at radius 1 is 1.53 bits per heavy atom. The van der Waals surface area contributed by atoms with Gasteiger partial charge < -0.3 is 5.11 Å². The number of hydrogen-bond acceptors (Lipinski definition) is 3. The summed E-state index contributed by atoms with van der Waals surface area (Å²) in [7, 11) is 0. The Kier molecular flexibility index (Phi) is 4.71. The maximum Gasteiger partial charge on any atom is 0.0938 e. The fourth-order valence-corrected chi connectivity index (χ4v) is 3.75. The molecule has 0 aromatic carbocycles. The van der Waals surface area contributed by atoms with Gasteiger partial charge >= 0.3 is 0 Å². The number of nitrogens with zero attached hydrogens (tertiary/aromatic N) is 2. The molecule has 0 bridgehead atoms. The summed E-state index contributed by atoms with van der Waals surface area (Å²) in [5.41, 5.74) is 1.71. The number of hydrogen-bond donors (Lipinski definition) is 1. The molecule has 0 radical (unpaired) electrons. The molecule has 2 aromatic heterocycles. The van der Waals surface area contributed by atoms with Crippen molar-refractivity contribution in [2.24, 2.45) is 0 Å². The third-order valence-electron chi connectivity index (χ3n) is 3.04. The summed E-state index contributed by atoms with van der Waals surface area (Å²) in [5, 5.41) is 15.4. The van der Waals surface area contributed by atoms with Crippen LogP contribution in [0, 0.1) is 13.8 Å². The van der Waals surface area contributed by atoms with E-state index in [0.29, 0.717) is 11.4 Å². The van der Waals surface area contributed by atoms with Gasteiger partial charge in [0.05, 0.1) is 22.5 Å². The maximum atomic E-state index is 10.4. The first-order valence-electron chi connectivity index (χ1n) is 6.09. The smallest absolute Gasteiger partial charge is 0.0938 e. The van der Waals surface area contributed by atoms with Gasteiger partial charge in [0.2, 0.25) is 0 Å². The minimum Gasteiger partial charge on any atom is -0.387 e. The van der Waals surface area contributed by atoms with Gasteiger partial charge in [0.15, 0.2) is 0 Å². The molecule has 104 valence electrons. The van der Waals surface area contributed by atoms with Crippen molar-refractivity contribution in [3.05, 3.63) is 36.7 Å². The molecule has 2 aromatic rings. The number of aryl methyl sites for hydroxylation is 3. The summed E-state index contributed by atoms with van der Waals surface area (Å²) in [6.45, 7) is 6.68. The van der Waals surface area contributed by atoms with E-state index in [1.54, 1.807) is 11.3 Å². The van der Waals surface area contributed by atoms with Crippen LogP contribution in [0.2, 0.25) is 5.02 Å². The van der Waals surface area contributed by atoms with Gasteiger partial charge in [0.25, 0.3) is 0 Å². The molecule has 2 heterocycles. The molecule has 2 rings (SSSR count). The monoisotopic (exact) mass is 362 g/mol. The van der Waals surface area contributed by atoms with Crippen molar-refractivity contribution in [1.29, 1.82) is 0 Å². The molecule has 6 heteroatoms. The van der Waals surface area contributed by atoms with E-state index in [1.165, 1.54) is 4.88 Å². The van der Waals surface area contributed by atoms with Gasteiger partial charge in [-0.15, -0.1) is 11.3 Å². The second-order valence-corrected chi connectivity index (χ2v) is 6.95. The van der Waals surface area contributed by atoms with Crippen LogP contribution in [0.3, 0.4) is 0 Å².